The summed E-state index contributed by atoms with van der Waals surface area (Å²) in [4.78, 5) is 36.2. The molecule has 1 fully saturated rings. The van der Waals surface area contributed by atoms with Crippen molar-refractivity contribution in [2.75, 3.05) is 13.1 Å². The number of nitrogens with two attached hydrogens (primary N) is 1. The predicted octanol–water partition coefficient (Wildman–Crippen LogP) is 0.991. The molecular weight excluding hydrogens is 260 g/mol. The van der Waals surface area contributed by atoms with Crippen molar-refractivity contribution < 1.29 is 19.5 Å². The highest BCUT2D eigenvalue weighted by Gasteiger charge is 2.43. The minimum absolute atomic E-state index is 0.0394. The van der Waals surface area contributed by atoms with Gasteiger partial charge in [0.2, 0.25) is 11.8 Å². The van der Waals surface area contributed by atoms with E-state index in [1.165, 1.54) is 4.90 Å². The molecule has 20 heavy (non-hydrogen) atoms. The Morgan fingerprint density at radius 1 is 1.25 bits per heavy atom. The molecule has 6 nitrogen and oxygen atoms in total. The standard InChI is InChI=1S/C14H24N2O4/c1-10(2)8-16(9-11(15)17)12(18)7-14(13(19)20)5-3-4-6-14/h10H,3-9H2,1-2H3,(H2,15,17)(H,19,20). The van der Waals surface area contributed by atoms with Crippen LogP contribution in [0.3, 0.4) is 0 Å². The highest BCUT2D eigenvalue weighted by Crippen LogP contribution is 2.41. The van der Waals surface area contributed by atoms with Crippen LogP contribution in [-0.2, 0) is 14.4 Å². The van der Waals surface area contributed by atoms with Gasteiger partial charge in [-0.1, -0.05) is 26.7 Å². The molecule has 0 aromatic carbocycles. The van der Waals surface area contributed by atoms with E-state index in [1.807, 2.05) is 13.8 Å². The highest BCUT2D eigenvalue weighted by atomic mass is 16.4. The van der Waals surface area contributed by atoms with Gasteiger partial charge < -0.3 is 15.7 Å². The van der Waals surface area contributed by atoms with E-state index < -0.39 is 17.3 Å². The smallest absolute Gasteiger partial charge is 0.310 e. The van der Waals surface area contributed by atoms with Crippen molar-refractivity contribution in [2.24, 2.45) is 17.1 Å². The van der Waals surface area contributed by atoms with Gasteiger partial charge in [-0.2, -0.15) is 0 Å². The number of hydrogen-bond acceptors (Lipinski definition) is 3. The normalized spacial score (nSPS) is 17.1. The lowest BCUT2D eigenvalue weighted by Gasteiger charge is -2.29. The number of amides is 2. The van der Waals surface area contributed by atoms with Crippen LogP contribution in [0.5, 0.6) is 0 Å². The molecule has 0 aromatic rings. The van der Waals surface area contributed by atoms with Crippen LogP contribution in [0.25, 0.3) is 0 Å². The summed E-state index contributed by atoms with van der Waals surface area (Å²) in [6, 6.07) is 0. The van der Waals surface area contributed by atoms with Crippen molar-refractivity contribution in [3.63, 3.8) is 0 Å². The molecule has 0 saturated heterocycles. The third kappa shape index (κ3) is 4.21. The molecule has 6 heteroatoms. The molecule has 0 unspecified atom stereocenters. The van der Waals surface area contributed by atoms with Crippen LogP contribution < -0.4 is 5.73 Å². The molecule has 2 amide bonds. The zero-order valence-electron chi connectivity index (χ0n) is 12.2. The Labute approximate surface area is 119 Å². The first-order valence-corrected chi connectivity index (χ1v) is 7.06. The van der Waals surface area contributed by atoms with E-state index in [1.54, 1.807) is 0 Å². The summed E-state index contributed by atoms with van der Waals surface area (Å²) in [7, 11) is 0. The summed E-state index contributed by atoms with van der Waals surface area (Å²) in [5, 5.41) is 9.40. The fourth-order valence-electron chi connectivity index (χ4n) is 2.80. The van der Waals surface area contributed by atoms with E-state index in [4.69, 9.17) is 5.73 Å². The zero-order chi connectivity index (χ0) is 15.3. The Bertz CT molecular complexity index is 387. The first kappa shape index (κ1) is 16.5. The first-order chi connectivity index (χ1) is 9.27. The lowest BCUT2D eigenvalue weighted by molar-refractivity contribution is -0.153. The Morgan fingerprint density at radius 2 is 1.80 bits per heavy atom. The van der Waals surface area contributed by atoms with Crippen LogP contribution in [0.4, 0.5) is 0 Å². The van der Waals surface area contributed by atoms with Crippen LogP contribution in [-0.4, -0.2) is 40.9 Å². The molecule has 0 aliphatic heterocycles. The van der Waals surface area contributed by atoms with Crippen molar-refractivity contribution in [1.82, 2.24) is 4.90 Å². The lowest BCUT2D eigenvalue weighted by Crippen LogP contribution is -2.43. The molecule has 0 aromatic heterocycles. The van der Waals surface area contributed by atoms with E-state index in [0.29, 0.717) is 19.4 Å². The SMILES string of the molecule is CC(C)CN(CC(N)=O)C(=O)CC1(C(=O)O)CCCC1. The van der Waals surface area contributed by atoms with E-state index in [0.717, 1.165) is 12.8 Å². The molecule has 114 valence electrons. The van der Waals surface area contributed by atoms with Gasteiger partial charge in [0, 0.05) is 13.0 Å². The molecule has 1 aliphatic rings. The third-order valence-electron chi connectivity index (χ3n) is 3.79. The van der Waals surface area contributed by atoms with Crippen LogP contribution in [0.2, 0.25) is 0 Å². The number of carbonyl (C=O) groups is 3. The topological polar surface area (TPSA) is 101 Å². The van der Waals surface area contributed by atoms with Gasteiger partial charge in [-0.15, -0.1) is 0 Å². The van der Waals surface area contributed by atoms with Gasteiger partial charge in [-0.05, 0) is 18.8 Å². The largest absolute Gasteiger partial charge is 0.481 e. The number of rotatable bonds is 7. The van der Waals surface area contributed by atoms with Gasteiger partial charge in [0.1, 0.15) is 0 Å². The van der Waals surface area contributed by atoms with Crippen LogP contribution in [0.1, 0.15) is 46.0 Å². The van der Waals surface area contributed by atoms with Crippen molar-refractivity contribution in [3.8, 4) is 0 Å². The Balaban J connectivity index is 2.78. The Hall–Kier alpha value is -1.59. The summed E-state index contributed by atoms with van der Waals surface area (Å²) in [6.45, 7) is 4.14. The van der Waals surface area contributed by atoms with Crippen LogP contribution in [0.15, 0.2) is 0 Å². The average molecular weight is 284 g/mol. The lowest BCUT2D eigenvalue weighted by atomic mass is 9.82. The van der Waals surface area contributed by atoms with Gasteiger partial charge in [-0.25, -0.2) is 0 Å². The Kier molecular flexibility index (Phi) is 5.53. The maximum absolute atomic E-state index is 12.3. The highest BCUT2D eigenvalue weighted by molar-refractivity contribution is 5.88. The maximum Gasteiger partial charge on any atom is 0.310 e. The number of carbonyl (C=O) groups excluding carboxylic acids is 2. The van der Waals surface area contributed by atoms with Crippen LogP contribution in [0, 0.1) is 11.3 Å². The summed E-state index contributed by atoms with van der Waals surface area (Å²) in [6.07, 6.45) is 2.68. The molecule has 0 spiro atoms. The third-order valence-corrected chi connectivity index (χ3v) is 3.79. The molecule has 0 radical (unpaired) electrons. The molecule has 1 aliphatic carbocycles. The second-order valence-corrected chi connectivity index (χ2v) is 6.10. The summed E-state index contributed by atoms with van der Waals surface area (Å²) in [5.41, 5.74) is 4.20. The van der Waals surface area contributed by atoms with E-state index in [2.05, 4.69) is 0 Å². The quantitative estimate of drug-likeness (QED) is 0.728. The molecule has 0 heterocycles. The average Bonchev–Trinajstić information content (AvgIpc) is 2.76. The number of nitrogens with zero attached hydrogens (tertiary/aromatic N) is 1. The summed E-state index contributed by atoms with van der Waals surface area (Å²) in [5.74, 6) is -1.58. The molecule has 0 atom stereocenters. The molecule has 1 rings (SSSR count). The van der Waals surface area contributed by atoms with Gasteiger partial charge in [0.25, 0.3) is 0 Å². The van der Waals surface area contributed by atoms with E-state index in [-0.39, 0.29) is 24.8 Å². The number of hydrogen-bond donors (Lipinski definition) is 2. The fraction of sp³-hybridized carbons (Fsp3) is 0.786. The monoisotopic (exact) mass is 284 g/mol. The fourth-order valence-corrected chi connectivity index (χ4v) is 2.80. The van der Waals surface area contributed by atoms with Crippen molar-refractivity contribution >= 4 is 17.8 Å². The molecule has 1 saturated carbocycles. The second-order valence-electron chi connectivity index (χ2n) is 6.10. The maximum atomic E-state index is 12.3. The number of carboxylic acid groups (broad SMARTS) is 1. The number of primary amides is 1. The molecule has 0 bridgehead atoms. The number of carboxylic acids is 1. The molecular formula is C14H24N2O4. The Morgan fingerprint density at radius 3 is 2.20 bits per heavy atom. The zero-order valence-corrected chi connectivity index (χ0v) is 12.2. The van der Waals surface area contributed by atoms with E-state index in [9.17, 15) is 19.5 Å². The number of aliphatic carboxylic acids is 1. The second kappa shape index (κ2) is 6.72. The summed E-state index contributed by atoms with van der Waals surface area (Å²) >= 11 is 0. The van der Waals surface area contributed by atoms with Gasteiger partial charge in [0.05, 0.1) is 12.0 Å². The van der Waals surface area contributed by atoms with Crippen molar-refractivity contribution in [2.45, 2.75) is 46.0 Å². The minimum atomic E-state index is -0.954. The molecule has 3 N–H and O–H groups in total. The van der Waals surface area contributed by atoms with Crippen molar-refractivity contribution in [1.29, 1.82) is 0 Å². The van der Waals surface area contributed by atoms with Gasteiger partial charge in [0.15, 0.2) is 0 Å². The van der Waals surface area contributed by atoms with Crippen LogP contribution >= 0.6 is 0 Å². The van der Waals surface area contributed by atoms with Crippen molar-refractivity contribution in [3.05, 3.63) is 0 Å². The summed E-state index contributed by atoms with van der Waals surface area (Å²) < 4.78 is 0. The minimum Gasteiger partial charge on any atom is -0.481 e. The van der Waals surface area contributed by atoms with Gasteiger partial charge in [-0.3, -0.25) is 14.4 Å². The van der Waals surface area contributed by atoms with Gasteiger partial charge >= 0.3 is 5.97 Å². The van der Waals surface area contributed by atoms with E-state index >= 15 is 0 Å². The first-order valence-electron chi connectivity index (χ1n) is 7.06. The predicted molar refractivity (Wildman–Crippen MR) is 73.8 cm³/mol.